The van der Waals surface area contributed by atoms with Gasteiger partial charge >= 0.3 is 11.9 Å². The van der Waals surface area contributed by atoms with E-state index >= 15 is 0 Å². The molecule has 1 aromatic rings. The van der Waals surface area contributed by atoms with E-state index in [1.165, 1.54) is 0 Å². The van der Waals surface area contributed by atoms with Gasteiger partial charge in [-0.1, -0.05) is 0 Å². The maximum absolute atomic E-state index is 10.4. The number of aromatic amines is 1. The Balaban J connectivity index is 3.23. The Labute approximate surface area is 71.7 Å². The number of carboxylic acids is 2. The molecule has 13 heavy (non-hydrogen) atoms. The number of aliphatic hydroxyl groups is 1. The lowest BCUT2D eigenvalue weighted by atomic mass is 10.3. The summed E-state index contributed by atoms with van der Waals surface area (Å²) in [5, 5.41) is 25.6. The summed E-state index contributed by atoms with van der Waals surface area (Å²) in [6, 6.07) is 0. The molecule has 0 radical (unpaired) electrons. The van der Waals surface area contributed by atoms with Crippen molar-refractivity contribution in [2.45, 2.75) is 6.61 Å². The quantitative estimate of drug-likeness (QED) is 0.494. The molecule has 1 rings (SSSR count). The van der Waals surface area contributed by atoms with Gasteiger partial charge in [0.1, 0.15) is 12.4 Å². The van der Waals surface area contributed by atoms with E-state index in [0.717, 1.165) is 0 Å². The van der Waals surface area contributed by atoms with Crippen LogP contribution in [0.2, 0.25) is 0 Å². The fourth-order valence-corrected chi connectivity index (χ4v) is 0.807. The highest BCUT2D eigenvalue weighted by Crippen LogP contribution is 2.06. The topological polar surface area (TPSA) is 124 Å². The number of carbonyl (C=O) groups is 2. The molecule has 0 unspecified atom stereocenters. The molecule has 0 saturated carbocycles. The zero-order valence-electron chi connectivity index (χ0n) is 6.31. The van der Waals surface area contributed by atoms with Gasteiger partial charge in [0.2, 0.25) is 0 Å². The number of aromatic nitrogens is 2. The van der Waals surface area contributed by atoms with E-state index in [2.05, 4.69) is 9.97 Å². The molecule has 0 fully saturated rings. The Morgan fingerprint density at radius 1 is 1.31 bits per heavy atom. The second kappa shape index (κ2) is 3.23. The summed E-state index contributed by atoms with van der Waals surface area (Å²) in [7, 11) is 0. The highest BCUT2D eigenvalue weighted by atomic mass is 16.4. The number of hydrogen-bond acceptors (Lipinski definition) is 4. The van der Waals surface area contributed by atoms with E-state index in [1.54, 1.807) is 0 Å². The van der Waals surface area contributed by atoms with Crippen LogP contribution in [-0.4, -0.2) is 37.2 Å². The Hall–Kier alpha value is -1.89. The van der Waals surface area contributed by atoms with Crippen molar-refractivity contribution in [1.29, 1.82) is 0 Å². The van der Waals surface area contributed by atoms with Crippen LogP contribution in [0.15, 0.2) is 0 Å². The lowest BCUT2D eigenvalue weighted by molar-refractivity contribution is 0.0644. The number of rotatable bonds is 3. The molecule has 1 aromatic heterocycles. The first-order valence-electron chi connectivity index (χ1n) is 3.22. The number of carboxylic acid groups (broad SMARTS) is 2. The van der Waals surface area contributed by atoms with E-state index < -0.39 is 29.9 Å². The molecule has 0 aliphatic heterocycles. The van der Waals surface area contributed by atoms with Crippen molar-refractivity contribution in [2.24, 2.45) is 0 Å². The third-order valence-electron chi connectivity index (χ3n) is 1.32. The molecule has 7 heteroatoms. The first-order chi connectivity index (χ1) is 6.06. The van der Waals surface area contributed by atoms with Gasteiger partial charge in [0.25, 0.3) is 0 Å². The molecule has 0 amide bonds. The monoisotopic (exact) mass is 186 g/mol. The van der Waals surface area contributed by atoms with Crippen LogP contribution in [0.25, 0.3) is 0 Å². The molecule has 0 spiro atoms. The van der Waals surface area contributed by atoms with Crippen molar-refractivity contribution in [3.8, 4) is 0 Å². The van der Waals surface area contributed by atoms with E-state index in [0.29, 0.717) is 0 Å². The van der Waals surface area contributed by atoms with Gasteiger partial charge in [-0.2, -0.15) is 0 Å². The predicted octanol–water partition coefficient (Wildman–Crippen LogP) is -0.702. The molecule has 4 N–H and O–H groups in total. The van der Waals surface area contributed by atoms with Crippen molar-refractivity contribution in [1.82, 2.24) is 9.97 Å². The highest BCUT2D eigenvalue weighted by molar-refractivity contribution is 5.98. The number of nitrogens with one attached hydrogen (secondary N) is 1. The average molecular weight is 186 g/mol. The lowest BCUT2D eigenvalue weighted by Gasteiger charge is -1.88. The van der Waals surface area contributed by atoms with Gasteiger partial charge in [-0.05, 0) is 0 Å². The number of aliphatic hydroxyl groups excluding tert-OH is 1. The van der Waals surface area contributed by atoms with Gasteiger partial charge in [0, 0.05) is 0 Å². The van der Waals surface area contributed by atoms with Crippen molar-refractivity contribution in [3.63, 3.8) is 0 Å². The van der Waals surface area contributed by atoms with Gasteiger partial charge in [-0.25, -0.2) is 14.6 Å². The standard InChI is InChI=1S/C6H6N2O5/c9-1-2-7-3(5(10)11)4(8-2)6(12)13/h9H,1H2,(H,7,8)(H,10,11)(H,12,13). The fourth-order valence-electron chi connectivity index (χ4n) is 0.807. The van der Waals surface area contributed by atoms with Crippen molar-refractivity contribution < 1.29 is 24.9 Å². The third kappa shape index (κ3) is 1.64. The van der Waals surface area contributed by atoms with Crippen molar-refractivity contribution in [3.05, 3.63) is 17.2 Å². The molecule has 70 valence electrons. The molecule has 0 bridgehead atoms. The summed E-state index contributed by atoms with van der Waals surface area (Å²) in [5.74, 6) is -2.97. The molecule has 7 nitrogen and oxygen atoms in total. The maximum atomic E-state index is 10.4. The third-order valence-corrected chi connectivity index (χ3v) is 1.32. The van der Waals surface area contributed by atoms with E-state index in [4.69, 9.17) is 15.3 Å². The second-order valence-electron chi connectivity index (χ2n) is 2.18. The second-order valence-corrected chi connectivity index (χ2v) is 2.18. The summed E-state index contributed by atoms with van der Waals surface area (Å²) in [5.41, 5.74) is -1.13. The van der Waals surface area contributed by atoms with Crippen LogP contribution in [0, 0.1) is 0 Å². The zero-order chi connectivity index (χ0) is 10.0. The van der Waals surface area contributed by atoms with Gasteiger partial charge in [0.05, 0.1) is 0 Å². The molecular weight excluding hydrogens is 180 g/mol. The first-order valence-corrected chi connectivity index (χ1v) is 3.22. The SMILES string of the molecule is O=C(O)c1nc(CO)[nH]c1C(=O)O. The molecule has 0 aromatic carbocycles. The van der Waals surface area contributed by atoms with Crippen LogP contribution in [0.3, 0.4) is 0 Å². The number of nitrogens with zero attached hydrogens (tertiary/aromatic N) is 1. The highest BCUT2D eigenvalue weighted by Gasteiger charge is 2.21. The molecule has 1 heterocycles. The van der Waals surface area contributed by atoms with Gasteiger partial charge in [-0.15, -0.1) is 0 Å². The van der Waals surface area contributed by atoms with Crippen LogP contribution in [0.5, 0.6) is 0 Å². The number of H-pyrrole nitrogens is 1. The summed E-state index contributed by atoms with van der Waals surface area (Å²) < 4.78 is 0. The van der Waals surface area contributed by atoms with Crippen LogP contribution in [-0.2, 0) is 6.61 Å². The molecule has 0 aliphatic carbocycles. The number of imidazole rings is 1. The van der Waals surface area contributed by atoms with Gasteiger partial charge in [0.15, 0.2) is 11.4 Å². The first kappa shape index (κ1) is 9.20. The number of aromatic carboxylic acids is 2. The number of hydrogen-bond donors (Lipinski definition) is 4. The summed E-state index contributed by atoms with van der Waals surface area (Å²) in [4.78, 5) is 26.4. The normalized spacial score (nSPS) is 9.92. The van der Waals surface area contributed by atoms with Crippen LogP contribution >= 0.6 is 0 Å². The van der Waals surface area contributed by atoms with Crippen LogP contribution < -0.4 is 0 Å². The van der Waals surface area contributed by atoms with Gasteiger partial charge in [-0.3, -0.25) is 0 Å². The molecule has 0 atom stereocenters. The largest absolute Gasteiger partial charge is 0.477 e. The van der Waals surface area contributed by atoms with Crippen molar-refractivity contribution in [2.75, 3.05) is 0 Å². The van der Waals surface area contributed by atoms with E-state index in [1.807, 2.05) is 0 Å². The minimum absolute atomic E-state index is 0.0881. The Morgan fingerprint density at radius 2 is 1.92 bits per heavy atom. The van der Waals surface area contributed by atoms with Gasteiger partial charge < -0.3 is 20.3 Å². The predicted molar refractivity (Wildman–Crippen MR) is 38.4 cm³/mol. The summed E-state index contributed by atoms with van der Waals surface area (Å²) in [6.07, 6.45) is 0. The zero-order valence-corrected chi connectivity index (χ0v) is 6.31. The molecule has 0 aliphatic rings. The minimum atomic E-state index is -1.45. The smallest absolute Gasteiger partial charge is 0.357 e. The van der Waals surface area contributed by atoms with E-state index in [-0.39, 0.29) is 5.82 Å². The van der Waals surface area contributed by atoms with Crippen LogP contribution in [0.1, 0.15) is 26.8 Å². The Bertz CT molecular complexity index is 324. The molecular formula is C6H6N2O5. The summed E-state index contributed by atoms with van der Waals surface area (Å²) in [6.45, 7) is -0.534. The summed E-state index contributed by atoms with van der Waals surface area (Å²) >= 11 is 0. The maximum Gasteiger partial charge on any atom is 0.357 e. The fraction of sp³-hybridized carbons (Fsp3) is 0.167. The van der Waals surface area contributed by atoms with E-state index in [9.17, 15) is 9.59 Å². The minimum Gasteiger partial charge on any atom is -0.477 e. The lowest BCUT2D eigenvalue weighted by Crippen LogP contribution is -2.07. The Kier molecular flexibility index (Phi) is 2.29. The van der Waals surface area contributed by atoms with Crippen molar-refractivity contribution >= 4 is 11.9 Å². The molecule has 0 saturated heterocycles. The Morgan fingerprint density at radius 3 is 2.23 bits per heavy atom. The van der Waals surface area contributed by atoms with Crippen LogP contribution in [0.4, 0.5) is 0 Å². The average Bonchev–Trinajstić information content (AvgIpc) is 2.47.